The van der Waals surface area contributed by atoms with E-state index in [4.69, 9.17) is 9.40 Å². The van der Waals surface area contributed by atoms with Crippen LogP contribution in [0.15, 0.2) is 47.1 Å². The lowest BCUT2D eigenvalue weighted by molar-refractivity contribution is 0.116. The van der Waals surface area contributed by atoms with Crippen molar-refractivity contribution in [1.29, 1.82) is 0 Å². The lowest BCUT2D eigenvalue weighted by Crippen LogP contribution is -2.36. The van der Waals surface area contributed by atoms with Crippen molar-refractivity contribution in [2.45, 2.75) is 57.3 Å². The molecule has 152 valence electrons. The van der Waals surface area contributed by atoms with Gasteiger partial charge in [-0.2, -0.15) is 0 Å². The number of nitrogens with one attached hydrogen (secondary N) is 1. The van der Waals surface area contributed by atoms with Crippen LogP contribution < -0.4 is 5.32 Å². The van der Waals surface area contributed by atoms with E-state index in [1.54, 1.807) is 26.2 Å². The molecule has 1 fully saturated rings. The molecule has 0 saturated heterocycles. The van der Waals surface area contributed by atoms with E-state index in [1.807, 2.05) is 36.4 Å². The summed E-state index contributed by atoms with van der Waals surface area (Å²) in [6.07, 6.45) is 8.69. The Balaban J connectivity index is 1.78. The summed E-state index contributed by atoms with van der Waals surface area (Å²) >= 11 is 0. The van der Waals surface area contributed by atoms with E-state index in [9.17, 15) is 10.2 Å². The van der Waals surface area contributed by atoms with Gasteiger partial charge in [0.1, 0.15) is 5.82 Å². The third-order valence-electron chi connectivity index (χ3n) is 5.20. The molecule has 0 amide bonds. The van der Waals surface area contributed by atoms with Gasteiger partial charge in [0, 0.05) is 5.39 Å². The number of rotatable bonds is 5. The molecular weight excluding hydrogens is 366 g/mol. The first kappa shape index (κ1) is 19.6. The molecule has 0 spiro atoms. The second kappa shape index (κ2) is 7.97. The normalized spacial score (nSPS) is 20.4. The molecule has 6 heteroatoms. The van der Waals surface area contributed by atoms with E-state index in [2.05, 4.69) is 10.3 Å². The molecule has 0 unspecified atom stereocenters. The smallest absolute Gasteiger partial charge is 0.198 e. The Kier molecular flexibility index (Phi) is 5.39. The quantitative estimate of drug-likeness (QED) is 0.595. The number of aromatic nitrogens is 2. The molecule has 6 nitrogen and oxygen atoms in total. The fraction of sp³-hybridized carbons (Fsp3) is 0.391. The largest absolute Gasteiger partial charge is 0.461 e. The fourth-order valence-electron chi connectivity index (χ4n) is 3.63. The third kappa shape index (κ3) is 4.66. The van der Waals surface area contributed by atoms with Gasteiger partial charge in [-0.25, -0.2) is 9.97 Å². The maximum absolute atomic E-state index is 10.4. The molecule has 2 atom stereocenters. The molecule has 2 heterocycles. The Labute approximate surface area is 170 Å². The highest BCUT2D eigenvalue weighted by Crippen LogP contribution is 2.29. The van der Waals surface area contributed by atoms with Crippen LogP contribution in [0.5, 0.6) is 0 Å². The zero-order chi connectivity index (χ0) is 20.4. The number of aliphatic hydroxyl groups excluding tert-OH is 1. The van der Waals surface area contributed by atoms with Gasteiger partial charge in [-0.3, -0.25) is 0 Å². The van der Waals surface area contributed by atoms with Crippen molar-refractivity contribution in [2.24, 2.45) is 0 Å². The Morgan fingerprint density at radius 1 is 1.17 bits per heavy atom. The first-order valence-corrected chi connectivity index (χ1v) is 10.1. The van der Waals surface area contributed by atoms with Gasteiger partial charge >= 0.3 is 0 Å². The molecular formula is C23H27N3O3. The van der Waals surface area contributed by atoms with Crippen molar-refractivity contribution in [3.05, 3.63) is 48.2 Å². The number of aliphatic hydroxyl groups is 2. The molecule has 1 aliphatic rings. The molecule has 0 aliphatic heterocycles. The van der Waals surface area contributed by atoms with Crippen LogP contribution in [0.2, 0.25) is 0 Å². The molecule has 3 aromatic rings. The van der Waals surface area contributed by atoms with Crippen molar-refractivity contribution in [3.63, 3.8) is 0 Å². The van der Waals surface area contributed by atoms with Crippen LogP contribution in [-0.2, 0) is 0 Å². The summed E-state index contributed by atoms with van der Waals surface area (Å²) in [5, 5.41) is 24.7. The summed E-state index contributed by atoms with van der Waals surface area (Å²) in [7, 11) is 0. The molecule has 1 aromatic carbocycles. The highest BCUT2D eigenvalue weighted by atomic mass is 16.3. The summed E-state index contributed by atoms with van der Waals surface area (Å²) in [6, 6.07) is 9.51. The summed E-state index contributed by atoms with van der Waals surface area (Å²) < 4.78 is 5.49. The summed E-state index contributed by atoms with van der Waals surface area (Å²) in [6.45, 7) is 3.47. The molecule has 0 bridgehead atoms. The zero-order valence-electron chi connectivity index (χ0n) is 16.8. The van der Waals surface area contributed by atoms with E-state index in [-0.39, 0.29) is 12.1 Å². The predicted molar refractivity (Wildman–Crippen MR) is 114 cm³/mol. The van der Waals surface area contributed by atoms with Crippen molar-refractivity contribution in [3.8, 4) is 11.6 Å². The summed E-state index contributed by atoms with van der Waals surface area (Å²) in [4.78, 5) is 9.38. The van der Waals surface area contributed by atoms with Gasteiger partial charge in [0.15, 0.2) is 11.6 Å². The van der Waals surface area contributed by atoms with Gasteiger partial charge in [-0.1, -0.05) is 31.1 Å². The molecule has 29 heavy (non-hydrogen) atoms. The first-order valence-electron chi connectivity index (χ1n) is 10.1. The zero-order valence-corrected chi connectivity index (χ0v) is 16.8. The Hall–Kier alpha value is -2.70. The summed E-state index contributed by atoms with van der Waals surface area (Å²) in [5.41, 5.74) is 0.850. The predicted octanol–water partition coefficient (Wildman–Crippen LogP) is 4.39. The molecule has 4 rings (SSSR count). The third-order valence-corrected chi connectivity index (χ3v) is 5.20. The van der Waals surface area contributed by atoms with Gasteiger partial charge in [-0.05, 0) is 56.5 Å². The fourth-order valence-corrected chi connectivity index (χ4v) is 3.63. The second-order valence-electron chi connectivity index (χ2n) is 8.24. The molecule has 2 aromatic heterocycles. The Morgan fingerprint density at radius 2 is 2.00 bits per heavy atom. The van der Waals surface area contributed by atoms with E-state index in [0.717, 1.165) is 42.1 Å². The van der Waals surface area contributed by atoms with Crippen molar-refractivity contribution in [2.75, 3.05) is 5.32 Å². The number of hydrogen-bond donors (Lipinski definition) is 3. The van der Waals surface area contributed by atoms with Gasteiger partial charge in [0.25, 0.3) is 0 Å². The van der Waals surface area contributed by atoms with E-state index < -0.39 is 5.60 Å². The van der Waals surface area contributed by atoms with Crippen molar-refractivity contribution in [1.82, 2.24) is 9.97 Å². The number of benzene rings is 1. The number of fused-ring (bicyclic) bond motifs is 1. The van der Waals surface area contributed by atoms with Crippen molar-refractivity contribution < 1.29 is 14.6 Å². The lowest BCUT2D eigenvalue weighted by Gasteiger charge is -2.29. The monoisotopic (exact) mass is 393 g/mol. The second-order valence-corrected chi connectivity index (χ2v) is 8.24. The van der Waals surface area contributed by atoms with Crippen LogP contribution in [0, 0.1) is 0 Å². The van der Waals surface area contributed by atoms with Crippen LogP contribution in [0.1, 0.15) is 45.1 Å². The minimum atomic E-state index is -0.887. The number of hydrogen-bond acceptors (Lipinski definition) is 6. The van der Waals surface area contributed by atoms with Gasteiger partial charge in [0.2, 0.25) is 0 Å². The highest BCUT2D eigenvalue weighted by Gasteiger charge is 2.24. The maximum Gasteiger partial charge on any atom is 0.198 e. The maximum atomic E-state index is 10.4. The first-order chi connectivity index (χ1) is 13.9. The number of nitrogens with zero attached hydrogens (tertiary/aromatic N) is 2. The minimum absolute atomic E-state index is 0.0399. The van der Waals surface area contributed by atoms with Gasteiger partial charge in [0.05, 0.1) is 29.5 Å². The standard InChI is InChI=1S/C23H27N3O3/c1-23(2,28)12-11-15-9-10-17-16(14-15)21(25-18-6-3-4-7-19(18)27)26-22(24-17)20-8-5-13-29-20/h5,8-14,18-19,27-28H,3-4,6-7H2,1-2H3,(H,24,25,26)/b12-11+/t18-,19-/m0/s1. The van der Waals surface area contributed by atoms with Crippen LogP contribution >= 0.6 is 0 Å². The van der Waals surface area contributed by atoms with Gasteiger partial charge in [-0.15, -0.1) is 0 Å². The van der Waals surface area contributed by atoms with Gasteiger partial charge < -0.3 is 19.9 Å². The minimum Gasteiger partial charge on any atom is -0.461 e. The van der Waals surface area contributed by atoms with E-state index >= 15 is 0 Å². The average molecular weight is 393 g/mol. The topological polar surface area (TPSA) is 91.4 Å². The highest BCUT2D eigenvalue weighted by molar-refractivity contribution is 5.92. The molecule has 3 N–H and O–H groups in total. The molecule has 1 aliphatic carbocycles. The van der Waals surface area contributed by atoms with E-state index in [1.165, 1.54) is 0 Å². The van der Waals surface area contributed by atoms with Crippen LogP contribution in [0.3, 0.4) is 0 Å². The Morgan fingerprint density at radius 3 is 2.72 bits per heavy atom. The number of anilines is 1. The lowest BCUT2D eigenvalue weighted by atomic mass is 9.92. The van der Waals surface area contributed by atoms with Crippen LogP contribution in [0.25, 0.3) is 28.6 Å². The van der Waals surface area contributed by atoms with Crippen LogP contribution in [-0.4, -0.2) is 37.9 Å². The molecule has 1 saturated carbocycles. The SMILES string of the molecule is CC(C)(O)/C=C/c1ccc2nc(-c3ccco3)nc(N[C@H]3CCCC[C@@H]3O)c2c1. The summed E-state index contributed by atoms with van der Waals surface area (Å²) in [5.74, 6) is 1.80. The van der Waals surface area contributed by atoms with Crippen molar-refractivity contribution >= 4 is 22.8 Å². The van der Waals surface area contributed by atoms with E-state index in [0.29, 0.717) is 17.4 Å². The average Bonchev–Trinajstić information content (AvgIpc) is 3.22. The number of furan rings is 1. The van der Waals surface area contributed by atoms with Crippen LogP contribution in [0.4, 0.5) is 5.82 Å². The Bertz CT molecular complexity index is 1010. The molecule has 0 radical (unpaired) electrons.